The Bertz CT molecular complexity index is 805. The lowest BCUT2D eigenvalue weighted by Gasteiger charge is -2.31. The number of likely N-dealkylation sites (tertiary alicyclic amines) is 1. The van der Waals surface area contributed by atoms with Crippen molar-refractivity contribution in [1.29, 1.82) is 0 Å². The van der Waals surface area contributed by atoms with Crippen molar-refractivity contribution in [2.75, 3.05) is 18.4 Å². The number of anilines is 1. The van der Waals surface area contributed by atoms with Crippen molar-refractivity contribution in [3.63, 3.8) is 0 Å². The minimum absolute atomic E-state index is 0.0331. The maximum atomic E-state index is 12.9. The van der Waals surface area contributed by atoms with E-state index in [1.54, 1.807) is 41.3 Å². The molecule has 1 aliphatic heterocycles. The van der Waals surface area contributed by atoms with Crippen LogP contribution < -0.4 is 10.6 Å². The Hall–Kier alpha value is -2.60. The molecule has 3 amide bonds. The van der Waals surface area contributed by atoms with Crippen LogP contribution in [-0.4, -0.2) is 29.9 Å². The van der Waals surface area contributed by atoms with E-state index in [0.717, 1.165) is 5.56 Å². The highest BCUT2D eigenvalue weighted by Crippen LogP contribution is 2.20. The molecule has 2 aromatic carbocycles. The van der Waals surface area contributed by atoms with Gasteiger partial charge in [0.25, 0.3) is 0 Å². The number of hydrogen-bond acceptors (Lipinski definition) is 2. The van der Waals surface area contributed by atoms with Gasteiger partial charge in [0, 0.05) is 36.3 Å². The Kier molecular flexibility index (Phi) is 6.29. The van der Waals surface area contributed by atoms with Crippen molar-refractivity contribution < 1.29 is 14.0 Å². The molecular weight excluding hydrogens is 369 g/mol. The largest absolute Gasteiger partial charge is 0.352 e. The molecule has 0 bridgehead atoms. The van der Waals surface area contributed by atoms with Crippen LogP contribution in [0.1, 0.15) is 18.4 Å². The normalized spacial score (nSPS) is 14.7. The number of amides is 3. The fourth-order valence-electron chi connectivity index (χ4n) is 3.05. The summed E-state index contributed by atoms with van der Waals surface area (Å²) in [6, 6.07) is 12.8. The van der Waals surface area contributed by atoms with Gasteiger partial charge in [-0.2, -0.15) is 0 Å². The zero-order chi connectivity index (χ0) is 19.2. The van der Waals surface area contributed by atoms with Gasteiger partial charge in [-0.3, -0.25) is 4.79 Å². The number of hydrogen-bond donors (Lipinski definition) is 2. The number of piperidine rings is 1. The van der Waals surface area contributed by atoms with Gasteiger partial charge in [0.1, 0.15) is 5.82 Å². The molecule has 142 valence electrons. The molecule has 2 N–H and O–H groups in total. The van der Waals surface area contributed by atoms with Crippen molar-refractivity contribution >= 4 is 29.2 Å². The SMILES string of the molecule is O=C(NCc1ccc(F)cc1)C1CCN(C(=O)Nc2cccc(Cl)c2)CC1. The lowest BCUT2D eigenvalue weighted by atomic mass is 9.96. The van der Waals surface area contributed by atoms with Gasteiger partial charge in [0.2, 0.25) is 5.91 Å². The molecule has 0 radical (unpaired) electrons. The summed E-state index contributed by atoms with van der Waals surface area (Å²) in [5.74, 6) is -0.455. The highest BCUT2D eigenvalue weighted by atomic mass is 35.5. The van der Waals surface area contributed by atoms with E-state index < -0.39 is 0 Å². The van der Waals surface area contributed by atoms with Crippen LogP contribution in [0.4, 0.5) is 14.9 Å². The van der Waals surface area contributed by atoms with Gasteiger partial charge >= 0.3 is 6.03 Å². The molecule has 3 rings (SSSR count). The van der Waals surface area contributed by atoms with Crippen molar-refractivity contribution in [3.8, 4) is 0 Å². The highest BCUT2D eigenvalue weighted by Gasteiger charge is 2.27. The van der Waals surface area contributed by atoms with Crippen LogP contribution in [0.25, 0.3) is 0 Å². The molecule has 2 aromatic rings. The van der Waals surface area contributed by atoms with Gasteiger partial charge < -0.3 is 15.5 Å². The molecule has 1 heterocycles. The molecule has 0 saturated carbocycles. The first-order chi connectivity index (χ1) is 13.0. The third-order valence-corrected chi connectivity index (χ3v) is 4.84. The number of carbonyl (C=O) groups is 2. The van der Waals surface area contributed by atoms with E-state index in [0.29, 0.717) is 43.2 Å². The van der Waals surface area contributed by atoms with E-state index in [4.69, 9.17) is 11.6 Å². The zero-order valence-corrected chi connectivity index (χ0v) is 15.5. The minimum Gasteiger partial charge on any atom is -0.352 e. The Balaban J connectivity index is 1.44. The monoisotopic (exact) mass is 389 g/mol. The number of rotatable bonds is 4. The number of nitrogens with one attached hydrogen (secondary N) is 2. The summed E-state index contributed by atoms with van der Waals surface area (Å²) in [7, 11) is 0. The van der Waals surface area contributed by atoms with Crippen molar-refractivity contribution in [2.45, 2.75) is 19.4 Å². The summed E-state index contributed by atoms with van der Waals surface area (Å²) < 4.78 is 12.9. The van der Waals surface area contributed by atoms with E-state index in [1.807, 2.05) is 0 Å². The molecule has 5 nitrogen and oxygen atoms in total. The van der Waals surface area contributed by atoms with Crippen LogP contribution in [0, 0.1) is 11.7 Å². The van der Waals surface area contributed by atoms with E-state index in [9.17, 15) is 14.0 Å². The molecule has 0 unspecified atom stereocenters. The Morgan fingerprint density at radius 1 is 1.11 bits per heavy atom. The van der Waals surface area contributed by atoms with Gasteiger partial charge in [-0.1, -0.05) is 29.8 Å². The lowest BCUT2D eigenvalue weighted by molar-refractivity contribution is -0.126. The number of benzene rings is 2. The maximum Gasteiger partial charge on any atom is 0.321 e. The first-order valence-electron chi connectivity index (χ1n) is 8.85. The van der Waals surface area contributed by atoms with E-state index in [1.165, 1.54) is 12.1 Å². The van der Waals surface area contributed by atoms with Crippen molar-refractivity contribution in [2.24, 2.45) is 5.92 Å². The standard InChI is InChI=1S/C20H21ClFN3O2/c21-16-2-1-3-18(12-16)24-20(27)25-10-8-15(9-11-25)19(26)23-13-14-4-6-17(22)7-5-14/h1-7,12,15H,8-11,13H2,(H,23,26)(H,24,27). The van der Waals surface area contributed by atoms with Crippen LogP contribution in [0.5, 0.6) is 0 Å². The summed E-state index contributed by atoms with van der Waals surface area (Å²) >= 11 is 5.92. The van der Waals surface area contributed by atoms with Gasteiger partial charge in [0.05, 0.1) is 0 Å². The van der Waals surface area contributed by atoms with Crippen LogP contribution in [0.2, 0.25) is 5.02 Å². The Morgan fingerprint density at radius 2 is 1.81 bits per heavy atom. The molecule has 1 fully saturated rings. The zero-order valence-electron chi connectivity index (χ0n) is 14.8. The molecule has 0 aromatic heterocycles. The summed E-state index contributed by atoms with van der Waals surface area (Å²) in [4.78, 5) is 26.4. The smallest absolute Gasteiger partial charge is 0.321 e. The second-order valence-corrected chi connectivity index (χ2v) is 6.98. The van der Waals surface area contributed by atoms with Gasteiger partial charge in [0.15, 0.2) is 0 Å². The van der Waals surface area contributed by atoms with Gasteiger partial charge in [-0.15, -0.1) is 0 Å². The van der Waals surface area contributed by atoms with Gasteiger partial charge in [-0.25, -0.2) is 9.18 Å². The summed E-state index contributed by atoms with van der Waals surface area (Å²) in [6.07, 6.45) is 1.22. The van der Waals surface area contributed by atoms with E-state index in [2.05, 4.69) is 10.6 Å². The molecule has 27 heavy (non-hydrogen) atoms. The van der Waals surface area contributed by atoms with Crippen molar-refractivity contribution in [3.05, 3.63) is 64.9 Å². The third kappa shape index (κ3) is 5.44. The number of carbonyl (C=O) groups excluding carboxylic acids is 2. The van der Waals surface area contributed by atoms with Crippen LogP contribution in [0.3, 0.4) is 0 Å². The van der Waals surface area contributed by atoms with Crippen molar-refractivity contribution in [1.82, 2.24) is 10.2 Å². The topological polar surface area (TPSA) is 61.4 Å². The second-order valence-electron chi connectivity index (χ2n) is 6.55. The van der Waals surface area contributed by atoms with Crippen LogP contribution >= 0.6 is 11.6 Å². The van der Waals surface area contributed by atoms with Gasteiger partial charge in [-0.05, 0) is 48.7 Å². The Morgan fingerprint density at radius 3 is 2.48 bits per heavy atom. The van der Waals surface area contributed by atoms with Crippen LogP contribution in [-0.2, 0) is 11.3 Å². The maximum absolute atomic E-state index is 12.9. The third-order valence-electron chi connectivity index (χ3n) is 4.61. The first kappa shape index (κ1) is 19.2. The predicted molar refractivity (Wildman–Crippen MR) is 103 cm³/mol. The molecule has 1 saturated heterocycles. The fourth-order valence-corrected chi connectivity index (χ4v) is 3.24. The molecular formula is C20H21ClFN3O2. The Labute approximate surface area is 162 Å². The molecule has 1 aliphatic rings. The number of nitrogens with zero attached hydrogens (tertiary/aromatic N) is 1. The van der Waals surface area contributed by atoms with Crippen LogP contribution in [0.15, 0.2) is 48.5 Å². The molecule has 0 aliphatic carbocycles. The lowest BCUT2D eigenvalue weighted by Crippen LogP contribution is -2.44. The quantitative estimate of drug-likeness (QED) is 0.829. The molecule has 0 atom stereocenters. The van der Waals surface area contributed by atoms with E-state index >= 15 is 0 Å². The number of urea groups is 1. The number of halogens is 2. The first-order valence-corrected chi connectivity index (χ1v) is 9.23. The average molecular weight is 390 g/mol. The highest BCUT2D eigenvalue weighted by molar-refractivity contribution is 6.30. The predicted octanol–water partition coefficient (Wildman–Crippen LogP) is 4.04. The second kappa shape index (κ2) is 8.86. The average Bonchev–Trinajstić information content (AvgIpc) is 2.67. The summed E-state index contributed by atoms with van der Waals surface area (Å²) in [5.41, 5.74) is 1.50. The summed E-state index contributed by atoms with van der Waals surface area (Å²) in [5, 5.41) is 6.26. The fraction of sp³-hybridized carbons (Fsp3) is 0.300. The minimum atomic E-state index is -0.298. The molecule has 7 heteroatoms. The molecule has 0 spiro atoms. The summed E-state index contributed by atoms with van der Waals surface area (Å²) in [6.45, 7) is 1.40. The van der Waals surface area contributed by atoms with E-state index in [-0.39, 0.29) is 23.7 Å².